The maximum atomic E-state index is 11.9. The Morgan fingerprint density at radius 3 is 3.00 bits per heavy atom. The van der Waals surface area contributed by atoms with E-state index in [1.807, 2.05) is 6.92 Å². The fourth-order valence-electron chi connectivity index (χ4n) is 2.33. The van der Waals surface area contributed by atoms with Crippen molar-refractivity contribution in [1.29, 1.82) is 0 Å². The van der Waals surface area contributed by atoms with Crippen molar-refractivity contribution < 1.29 is 14.0 Å². The average molecular weight is 220 g/mol. The molecule has 0 aliphatic heterocycles. The van der Waals surface area contributed by atoms with Crippen molar-refractivity contribution in [2.45, 2.75) is 32.6 Å². The van der Waals surface area contributed by atoms with Crippen molar-refractivity contribution in [1.82, 2.24) is 0 Å². The molecule has 0 spiro atoms. The van der Waals surface area contributed by atoms with Crippen LogP contribution in [0.5, 0.6) is 0 Å². The number of ketones is 2. The van der Waals surface area contributed by atoms with Crippen molar-refractivity contribution in [2.24, 2.45) is 11.8 Å². The Balaban J connectivity index is 1.95. The van der Waals surface area contributed by atoms with Gasteiger partial charge in [0.05, 0.1) is 6.26 Å². The van der Waals surface area contributed by atoms with Gasteiger partial charge in [-0.15, -0.1) is 0 Å². The molecule has 0 N–H and O–H groups in total. The quantitative estimate of drug-likeness (QED) is 0.733. The summed E-state index contributed by atoms with van der Waals surface area (Å²) in [5.74, 6) is 0.689. The summed E-state index contributed by atoms with van der Waals surface area (Å²) in [5, 5.41) is 0. The molecular formula is C13H16O3. The molecule has 1 aliphatic carbocycles. The molecule has 1 heterocycles. The van der Waals surface area contributed by atoms with Gasteiger partial charge in [-0.2, -0.15) is 0 Å². The summed E-state index contributed by atoms with van der Waals surface area (Å²) in [7, 11) is 0. The number of carbonyl (C=O) groups excluding carboxylic acids is 2. The number of hydrogen-bond donors (Lipinski definition) is 0. The first kappa shape index (κ1) is 11.1. The van der Waals surface area contributed by atoms with E-state index in [1.54, 1.807) is 12.1 Å². The van der Waals surface area contributed by atoms with Gasteiger partial charge in [-0.25, -0.2) is 0 Å². The van der Waals surface area contributed by atoms with E-state index in [9.17, 15) is 9.59 Å². The molecule has 3 heteroatoms. The fourth-order valence-corrected chi connectivity index (χ4v) is 2.33. The molecule has 1 aromatic rings. The van der Waals surface area contributed by atoms with Crippen LogP contribution in [0.2, 0.25) is 0 Å². The van der Waals surface area contributed by atoms with E-state index < -0.39 is 0 Å². The van der Waals surface area contributed by atoms with Gasteiger partial charge in [0.15, 0.2) is 5.76 Å². The molecule has 3 nitrogen and oxygen atoms in total. The molecule has 0 radical (unpaired) electrons. The molecule has 2 rings (SSSR count). The van der Waals surface area contributed by atoms with Gasteiger partial charge in [0.1, 0.15) is 5.78 Å². The predicted octanol–water partition coefficient (Wildman–Crippen LogP) is 2.86. The molecule has 1 aromatic heterocycles. The highest BCUT2D eigenvalue weighted by atomic mass is 16.3. The number of hydrogen-bond acceptors (Lipinski definition) is 3. The van der Waals surface area contributed by atoms with Crippen LogP contribution >= 0.6 is 0 Å². The monoisotopic (exact) mass is 220 g/mol. The zero-order valence-electron chi connectivity index (χ0n) is 9.44. The number of carbonyl (C=O) groups is 2. The van der Waals surface area contributed by atoms with Gasteiger partial charge in [-0.05, 0) is 31.4 Å². The predicted molar refractivity (Wildman–Crippen MR) is 59.2 cm³/mol. The van der Waals surface area contributed by atoms with Gasteiger partial charge in [0, 0.05) is 18.3 Å². The summed E-state index contributed by atoms with van der Waals surface area (Å²) in [6, 6.07) is 3.38. The van der Waals surface area contributed by atoms with Crippen molar-refractivity contribution >= 4 is 11.6 Å². The van der Waals surface area contributed by atoms with E-state index in [0.717, 1.165) is 12.8 Å². The first-order valence-corrected chi connectivity index (χ1v) is 5.79. The molecule has 0 bridgehead atoms. The number of rotatable bonds is 4. The molecule has 0 aromatic carbocycles. The van der Waals surface area contributed by atoms with Crippen LogP contribution in [0.4, 0.5) is 0 Å². The van der Waals surface area contributed by atoms with Crippen molar-refractivity contribution in [2.75, 3.05) is 0 Å². The van der Waals surface area contributed by atoms with Gasteiger partial charge < -0.3 is 4.42 Å². The molecule has 0 amide bonds. The smallest absolute Gasteiger partial charge is 0.200 e. The Morgan fingerprint density at radius 1 is 1.62 bits per heavy atom. The summed E-state index contributed by atoms with van der Waals surface area (Å²) in [4.78, 5) is 23.4. The van der Waals surface area contributed by atoms with Crippen LogP contribution in [0.25, 0.3) is 0 Å². The van der Waals surface area contributed by atoms with Crippen molar-refractivity contribution in [3.8, 4) is 0 Å². The van der Waals surface area contributed by atoms with Crippen molar-refractivity contribution in [3.63, 3.8) is 0 Å². The van der Waals surface area contributed by atoms with Crippen LogP contribution in [0.15, 0.2) is 22.8 Å². The zero-order chi connectivity index (χ0) is 11.5. The van der Waals surface area contributed by atoms with Gasteiger partial charge in [0.25, 0.3) is 0 Å². The Hall–Kier alpha value is -1.38. The Bertz CT molecular complexity index is 378. The minimum atomic E-state index is -0.127. The molecule has 16 heavy (non-hydrogen) atoms. The van der Waals surface area contributed by atoms with Crippen LogP contribution < -0.4 is 0 Å². The molecule has 1 saturated carbocycles. The second-order valence-corrected chi connectivity index (χ2v) is 4.53. The van der Waals surface area contributed by atoms with E-state index >= 15 is 0 Å². The summed E-state index contributed by atoms with van der Waals surface area (Å²) in [6.07, 6.45) is 4.77. The third-order valence-electron chi connectivity index (χ3n) is 3.28. The maximum absolute atomic E-state index is 11.9. The van der Waals surface area contributed by atoms with Gasteiger partial charge in [0.2, 0.25) is 5.78 Å². The third kappa shape index (κ3) is 2.23. The van der Waals surface area contributed by atoms with E-state index in [0.29, 0.717) is 24.4 Å². The molecule has 0 unspecified atom stereocenters. The number of furan rings is 1. The second kappa shape index (κ2) is 4.64. The first-order valence-electron chi connectivity index (χ1n) is 5.79. The highest BCUT2D eigenvalue weighted by molar-refractivity contribution is 5.95. The molecule has 86 valence electrons. The summed E-state index contributed by atoms with van der Waals surface area (Å²) >= 11 is 0. The van der Waals surface area contributed by atoms with Crippen molar-refractivity contribution in [3.05, 3.63) is 24.2 Å². The zero-order valence-corrected chi connectivity index (χ0v) is 9.44. The average Bonchev–Trinajstić information content (AvgIpc) is 2.89. The normalized spacial score (nSPS) is 22.3. The van der Waals surface area contributed by atoms with Crippen LogP contribution in [-0.2, 0) is 4.79 Å². The molecule has 2 atom stereocenters. The highest BCUT2D eigenvalue weighted by Crippen LogP contribution is 2.28. The first-order chi connectivity index (χ1) is 7.68. The summed E-state index contributed by atoms with van der Waals surface area (Å²) < 4.78 is 5.07. The lowest BCUT2D eigenvalue weighted by Crippen LogP contribution is -2.17. The molecule has 0 saturated heterocycles. The van der Waals surface area contributed by atoms with E-state index in [-0.39, 0.29) is 17.6 Å². The van der Waals surface area contributed by atoms with Gasteiger partial charge >= 0.3 is 0 Å². The number of Topliss-reactive ketones (excluding diaryl/α,β-unsaturated/α-hetero) is 2. The summed E-state index contributed by atoms with van der Waals surface area (Å²) in [6.45, 7) is 1.87. The second-order valence-electron chi connectivity index (χ2n) is 4.53. The molecular weight excluding hydrogens is 204 g/mol. The van der Waals surface area contributed by atoms with Crippen LogP contribution in [0.1, 0.15) is 43.2 Å². The van der Waals surface area contributed by atoms with Gasteiger partial charge in [-0.1, -0.05) is 6.92 Å². The van der Waals surface area contributed by atoms with Gasteiger partial charge in [-0.3, -0.25) is 9.59 Å². The third-order valence-corrected chi connectivity index (χ3v) is 3.28. The fraction of sp³-hybridized carbons (Fsp3) is 0.538. The summed E-state index contributed by atoms with van der Waals surface area (Å²) in [5.41, 5.74) is 0. The highest BCUT2D eigenvalue weighted by Gasteiger charge is 2.29. The molecule has 1 fully saturated rings. The largest absolute Gasteiger partial charge is 0.461 e. The Morgan fingerprint density at radius 2 is 2.44 bits per heavy atom. The van der Waals surface area contributed by atoms with Crippen LogP contribution in [-0.4, -0.2) is 11.6 Å². The van der Waals surface area contributed by atoms with Crippen LogP contribution in [0.3, 0.4) is 0 Å². The van der Waals surface area contributed by atoms with E-state index in [2.05, 4.69) is 0 Å². The van der Waals surface area contributed by atoms with E-state index in [1.165, 1.54) is 6.26 Å². The lowest BCUT2D eigenvalue weighted by Gasteiger charge is -2.12. The van der Waals surface area contributed by atoms with E-state index in [4.69, 9.17) is 4.42 Å². The van der Waals surface area contributed by atoms with Crippen LogP contribution in [0, 0.1) is 11.8 Å². The topological polar surface area (TPSA) is 47.3 Å². The minimum absolute atomic E-state index is 0.00435. The lowest BCUT2D eigenvalue weighted by molar-refractivity contribution is -0.120. The maximum Gasteiger partial charge on any atom is 0.200 e. The molecule has 1 aliphatic rings. The minimum Gasteiger partial charge on any atom is -0.461 e. The Kier molecular flexibility index (Phi) is 3.22. The SMILES string of the molecule is C[C@@H](C[C@@H]1CCCC1=O)C(=O)c1ccco1. The Labute approximate surface area is 94.8 Å². The lowest BCUT2D eigenvalue weighted by atomic mass is 9.90. The standard InChI is InChI=1S/C13H16O3/c1-9(8-10-4-2-5-11(10)14)13(15)12-6-3-7-16-12/h3,6-7,9-10H,2,4-5,8H2,1H3/t9-,10-/m0/s1.